The van der Waals surface area contributed by atoms with E-state index in [4.69, 9.17) is 25.4 Å². The van der Waals surface area contributed by atoms with E-state index in [1.165, 1.54) is 347 Å². The third-order valence-corrected chi connectivity index (χ3v) is 26.4. The minimum atomic E-state index is -3.59. The molecule has 0 rings (SSSR count). The fourth-order valence-electron chi connectivity index (χ4n) is 11.3. The molecule has 0 aliphatic heterocycles. The van der Waals surface area contributed by atoms with E-state index in [1.807, 2.05) is 0 Å². The summed E-state index contributed by atoms with van der Waals surface area (Å²) >= 11 is 7.46. The van der Waals surface area contributed by atoms with Crippen LogP contribution in [0.25, 0.3) is 0 Å². The van der Waals surface area contributed by atoms with Crippen LogP contribution < -0.4 is 0 Å². The van der Waals surface area contributed by atoms with Crippen molar-refractivity contribution in [3.05, 3.63) is 0 Å². The molecule has 0 saturated heterocycles. The van der Waals surface area contributed by atoms with E-state index in [0.717, 1.165) is 44.3 Å². The molecule has 0 aliphatic carbocycles. The molecule has 0 radical (unpaired) electrons. The first kappa shape index (κ1) is 84.3. The van der Waals surface area contributed by atoms with Crippen molar-refractivity contribution in [2.45, 2.75) is 427 Å². The van der Waals surface area contributed by atoms with Crippen LogP contribution in [0.15, 0.2) is 0 Å². The first-order chi connectivity index (χ1) is 39.6. The van der Waals surface area contributed by atoms with Gasteiger partial charge < -0.3 is 13.6 Å². The zero-order valence-electron chi connectivity index (χ0n) is 56.5. The first-order valence-corrected chi connectivity index (χ1v) is 44.0. The van der Waals surface area contributed by atoms with Gasteiger partial charge in [-0.1, -0.05) is 201 Å². The van der Waals surface area contributed by atoms with Gasteiger partial charge in [0.25, 0.3) is 0 Å². The second-order valence-corrected chi connectivity index (χ2v) is 36.1. The van der Waals surface area contributed by atoms with Crippen molar-refractivity contribution in [2.75, 3.05) is 37.9 Å². The summed E-state index contributed by atoms with van der Waals surface area (Å²) < 4.78 is 18.5. The molecule has 0 aromatic heterocycles. The first-order valence-electron chi connectivity index (χ1n) is 37.3. The van der Waals surface area contributed by atoms with Gasteiger partial charge in [0.1, 0.15) is 0 Å². The van der Waals surface area contributed by atoms with Crippen LogP contribution in [0.5, 0.6) is 0 Å². The summed E-state index contributed by atoms with van der Waals surface area (Å²) in [6.07, 6.45) is 77.0. The predicted molar refractivity (Wildman–Crippen MR) is 377 cm³/mol. The quantitative estimate of drug-likeness (QED) is 0.0465. The van der Waals surface area contributed by atoms with Crippen LogP contribution in [0.1, 0.15) is 427 Å². The SMILES string of the molecule is CCCCCCCCCCCCOP(=S)(OCCCCCCCCCCCC)OCCCCCCCCCCCC.CCCCCCCCCCCCSP(O)(O)(CCCCCCCCCCCC)CCCCCCCCCCCC. The molecule has 0 spiro atoms. The van der Waals surface area contributed by atoms with Crippen molar-refractivity contribution in [1.82, 2.24) is 0 Å². The average molecular weight is 1220 g/mol. The molecule has 0 aliphatic rings. The average Bonchev–Trinajstić information content (AvgIpc) is 3.53. The molecular formula is C72H152O5P2S2. The monoisotopic (exact) mass is 1220 g/mol. The number of unbranched alkanes of at least 4 members (excludes halogenated alkanes) is 54. The van der Waals surface area contributed by atoms with Crippen LogP contribution in [-0.2, 0) is 25.4 Å². The van der Waals surface area contributed by atoms with Crippen LogP contribution in [0.3, 0.4) is 0 Å². The van der Waals surface area contributed by atoms with Gasteiger partial charge >= 0.3 is 259 Å². The number of hydrogen-bond donors (Lipinski definition) is 2. The molecule has 0 atom stereocenters. The Hall–Kier alpha value is 1.23. The van der Waals surface area contributed by atoms with Crippen LogP contribution in [-0.4, -0.2) is 47.7 Å². The molecule has 0 aromatic rings. The van der Waals surface area contributed by atoms with Crippen molar-refractivity contribution < 1.29 is 23.4 Å². The molecule has 0 unspecified atom stereocenters. The third-order valence-electron chi connectivity index (χ3n) is 17.1. The Labute approximate surface area is 521 Å². The van der Waals surface area contributed by atoms with Gasteiger partial charge in [-0.3, -0.25) is 0 Å². The normalized spacial score (nSPS) is 12.5. The van der Waals surface area contributed by atoms with Crippen molar-refractivity contribution in [3.63, 3.8) is 0 Å². The van der Waals surface area contributed by atoms with E-state index in [9.17, 15) is 9.79 Å². The van der Waals surface area contributed by atoms with Gasteiger partial charge in [-0.15, -0.1) is 0 Å². The van der Waals surface area contributed by atoms with E-state index in [1.54, 1.807) is 11.4 Å². The third kappa shape index (κ3) is 68.6. The van der Waals surface area contributed by atoms with Gasteiger partial charge in [-0.05, 0) is 31.1 Å². The van der Waals surface area contributed by atoms with Gasteiger partial charge in [0.15, 0.2) is 0 Å². The van der Waals surface area contributed by atoms with Gasteiger partial charge in [-0.2, -0.15) is 0 Å². The molecule has 0 bridgehead atoms. The maximum absolute atomic E-state index is 11.7. The molecule has 81 heavy (non-hydrogen) atoms. The molecule has 2 N–H and O–H groups in total. The molecule has 492 valence electrons. The van der Waals surface area contributed by atoms with Gasteiger partial charge in [0.2, 0.25) is 0 Å². The molecule has 0 saturated carbocycles. The Morgan fingerprint density at radius 2 is 0.407 bits per heavy atom. The van der Waals surface area contributed by atoms with Crippen molar-refractivity contribution >= 4 is 36.2 Å². The Balaban J connectivity index is 0. The van der Waals surface area contributed by atoms with Gasteiger partial charge in [-0.25, -0.2) is 0 Å². The molecular weight excluding hydrogens is 1070 g/mol. The molecule has 5 nitrogen and oxygen atoms in total. The second-order valence-electron chi connectivity index (χ2n) is 25.6. The Bertz CT molecular complexity index is 1110. The zero-order valence-corrected chi connectivity index (χ0v) is 59.9. The van der Waals surface area contributed by atoms with Crippen LogP contribution in [0.2, 0.25) is 0 Å². The Kier molecular flexibility index (Phi) is 71.5. The summed E-state index contributed by atoms with van der Waals surface area (Å²) in [5.41, 5.74) is 0. The van der Waals surface area contributed by atoms with E-state index >= 15 is 0 Å². The summed E-state index contributed by atoms with van der Waals surface area (Å²) in [6.45, 7) is 13.1. The van der Waals surface area contributed by atoms with E-state index < -0.39 is 13.0 Å². The van der Waals surface area contributed by atoms with E-state index in [2.05, 4.69) is 41.5 Å². The van der Waals surface area contributed by atoms with Gasteiger partial charge in [0, 0.05) is 0 Å². The van der Waals surface area contributed by atoms with Crippen molar-refractivity contribution in [3.8, 4) is 0 Å². The topological polar surface area (TPSA) is 68.2 Å². The standard InChI is InChI=1S/C36H75O3PS.C36H77O2PS/c1-4-7-10-13-16-19-22-25-28-31-34-37-40(41,38-35-32-29-26-23-20-17-14-11-8-5-2)39-36-33-30-27-24-21-18-15-12-9-6-3;1-4-7-10-13-16-19-22-25-28-31-34-39(37,38,35-32-29-26-23-20-17-14-11-8-5-2)40-36-33-30-27-24-21-18-15-12-9-6-3/h4-36H2,1-3H3;37-38H,4-36H2,1-3H3. The summed E-state index contributed by atoms with van der Waals surface area (Å²) in [4.78, 5) is 23.4. The molecule has 0 amide bonds. The number of rotatable bonds is 70. The van der Waals surface area contributed by atoms with E-state index in [-0.39, 0.29) is 0 Å². The van der Waals surface area contributed by atoms with Crippen LogP contribution in [0, 0.1) is 0 Å². The summed E-state index contributed by atoms with van der Waals surface area (Å²) in [7, 11) is 0. The summed E-state index contributed by atoms with van der Waals surface area (Å²) in [6, 6.07) is 0. The maximum atomic E-state index is 11.7. The van der Waals surface area contributed by atoms with Crippen LogP contribution >= 0.6 is 24.4 Å². The zero-order chi connectivity index (χ0) is 59.4. The number of hydrogen-bond acceptors (Lipinski definition) is 7. The Morgan fingerprint density at radius 3 is 0.605 bits per heavy atom. The Morgan fingerprint density at radius 1 is 0.247 bits per heavy atom. The summed E-state index contributed by atoms with van der Waals surface area (Å²) in [5.74, 6) is 0.941. The molecule has 0 aromatic carbocycles. The van der Waals surface area contributed by atoms with E-state index in [0.29, 0.717) is 32.1 Å². The fourth-order valence-corrected chi connectivity index (χ4v) is 19.5. The summed E-state index contributed by atoms with van der Waals surface area (Å²) in [5, 5.41) is 0. The van der Waals surface area contributed by atoms with Crippen molar-refractivity contribution in [1.29, 1.82) is 0 Å². The molecule has 0 fully saturated rings. The van der Waals surface area contributed by atoms with Crippen LogP contribution in [0.4, 0.5) is 0 Å². The fraction of sp³-hybridized carbons (Fsp3) is 1.00. The molecule has 9 heteroatoms. The van der Waals surface area contributed by atoms with Gasteiger partial charge in [0.05, 0.1) is 19.8 Å². The minimum absolute atomic E-state index is 0.669. The second kappa shape index (κ2) is 68.7. The van der Waals surface area contributed by atoms with Crippen molar-refractivity contribution in [2.24, 2.45) is 0 Å². The predicted octanol–water partition coefficient (Wildman–Crippen LogP) is 27.8. The molecule has 0 heterocycles.